The topological polar surface area (TPSA) is 52.7 Å². The Morgan fingerprint density at radius 2 is 1.76 bits per heavy atom. The predicted octanol–water partition coefficient (Wildman–Crippen LogP) is 1.67. The van der Waals surface area contributed by atoms with Crippen molar-refractivity contribution in [1.29, 1.82) is 0 Å². The number of nitrogens with zero attached hydrogens (tertiary/aromatic N) is 2. The number of piperidine rings is 2. The van der Waals surface area contributed by atoms with Crippen LogP contribution in [0.25, 0.3) is 0 Å². The first-order valence-corrected chi connectivity index (χ1v) is 9.81. The molecule has 6 heteroatoms. The molecule has 0 saturated carbocycles. The Bertz CT molecular complexity index is 419. The van der Waals surface area contributed by atoms with Crippen LogP contribution in [0.15, 0.2) is 0 Å². The van der Waals surface area contributed by atoms with E-state index in [1.54, 1.807) is 4.31 Å². The van der Waals surface area contributed by atoms with Gasteiger partial charge < -0.3 is 0 Å². The van der Waals surface area contributed by atoms with Crippen molar-refractivity contribution in [3.05, 3.63) is 0 Å². The molecule has 2 saturated heterocycles. The fraction of sp³-hybridized carbons (Fsp3) is 1.00. The molecule has 0 aromatic carbocycles. The monoisotopic (exact) mass is 317 g/mol. The van der Waals surface area contributed by atoms with E-state index in [1.807, 2.05) is 0 Å². The highest BCUT2D eigenvalue weighted by atomic mass is 32.2. The fourth-order valence-electron chi connectivity index (χ4n) is 3.30. The van der Waals surface area contributed by atoms with Crippen LogP contribution < -0.4 is 4.72 Å². The molecule has 1 N–H and O–H groups in total. The van der Waals surface area contributed by atoms with Gasteiger partial charge in [0.25, 0.3) is 10.2 Å². The van der Waals surface area contributed by atoms with Crippen LogP contribution >= 0.6 is 0 Å². The summed E-state index contributed by atoms with van der Waals surface area (Å²) in [6.45, 7) is 10.6. The van der Waals surface area contributed by atoms with Gasteiger partial charge in [0.2, 0.25) is 0 Å². The Kier molecular flexibility index (Phi) is 6.05. The summed E-state index contributed by atoms with van der Waals surface area (Å²) >= 11 is 0. The standard InChI is InChI=1S/C15H31N3O2S/c1-13-6-9-18(10-7-13)21(19,20)16-11-15(3)17-8-4-5-14(2)12-17/h13-16H,4-12H2,1-3H3. The Labute approximate surface area is 130 Å². The zero-order valence-corrected chi connectivity index (χ0v) is 14.5. The van der Waals surface area contributed by atoms with Gasteiger partial charge in [-0.3, -0.25) is 4.90 Å². The highest BCUT2D eigenvalue weighted by Gasteiger charge is 2.27. The third-order valence-corrected chi connectivity index (χ3v) is 6.53. The van der Waals surface area contributed by atoms with E-state index in [0.717, 1.165) is 31.8 Å². The lowest BCUT2D eigenvalue weighted by atomic mass is 9.99. The quantitative estimate of drug-likeness (QED) is 0.839. The molecule has 0 aromatic heterocycles. The van der Waals surface area contributed by atoms with Crippen molar-refractivity contribution in [2.24, 2.45) is 11.8 Å². The van der Waals surface area contributed by atoms with Crippen molar-refractivity contribution in [3.63, 3.8) is 0 Å². The number of hydrogen-bond donors (Lipinski definition) is 1. The van der Waals surface area contributed by atoms with Crippen LogP contribution in [0, 0.1) is 11.8 Å². The zero-order chi connectivity index (χ0) is 15.5. The number of hydrogen-bond acceptors (Lipinski definition) is 3. The zero-order valence-electron chi connectivity index (χ0n) is 13.7. The molecule has 0 radical (unpaired) electrons. The Balaban J connectivity index is 1.80. The summed E-state index contributed by atoms with van der Waals surface area (Å²) in [6.07, 6.45) is 4.46. The van der Waals surface area contributed by atoms with Crippen molar-refractivity contribution < 1.29 is 8.42 Å². The maximum atomic E-state index is 12.3. The van der Waals surface area contributed by atoms with Gasteiger partial charge >= 0.3 is 0 Å². The fourth-order valence-corrected chi connectivity index (χ4v) is 4.62. The highest BCUT2D eigenvalue weighted by Crippen LogP contribution is 2.19. The molecule has 124 valence electrons. The predicted molar refractivity (Wildman–Crippen MR) is 86.3 cm³/mol. The Morgan fingerprint density at radius 3 is 2.38 bits per heavy atom. The van der Waals surface area contributed by atoms with Crippen molar-refractivity contribution in [2.45, 2.75) is 52.5 Å². The molecule has 0 bridgehead atoms. The molecule has 2 atom stereocenters. The summed E-state index contributed by atoms with van der Waals surface area (Å²) in [6, 6.07) is 0.270. The molecule has 0 aromatic rings. The van der Waals surface area contributed by atoms with Crippen LogP contribution in [0.4, 0.5) is 0 Å². The van der Waals surface area contributed by atoms with Gasteiger partial charge in [-0.1, -0.05) is 13.8 Å². The summed E-state index contributed by atoms with van der Waals surface area (Å²) in [5.41, 5.74) is 0. The first-order valence-electron chi connectivity index (χ1n) is 8.37. The Morgan fingerprint density at radius 1 is 1.10 bits per heavy atom. The average Bonchev–Trinajstić information content (AvgIpc) is 2.45. The van der Waals surface area contributed by atoms with Crippen molar-refractivity contribution >= 4 is 10.2 Å². The van der Waals surface area contributed by atoms with E-state index in [4.69, 9.17) is 0 Å². The second kappa shape index (κ2) is 7.40. The van der Waals surface area contributed by atoms with E-state index >= 15 is 0 Å². The maximum Gasteiger partial charge on any atom is 0.279 e. The molecule has 5 nitrogen and oxygen atoms in total. The SMILES string of the molecule is CC1CCN(S(=O)(=O)NCC(C)N2CCCC(C)C2)CC1. The number of rotatable bonds is 5. The minimum absolute atomic E-state index is 0.270. The molecular weight excluding hydrogens is 286 g/mol. The van der Waals surface area contributed by atoms with Gasteiger partial charge in [-0.2, -0.15) is 12.7 Å². The number of nitrogens with one attached hydrogen (secondary N) is 1. The van der Waals surface area contributed by atoms with Crippen LogP contribution in [-0.2, 0) is 10.2 Å². The maximum absolute atomic E-state index is 12.3. The third-order valence-electron chi connectivity index (χ3n) is 4.96. The van der Waals surface area contributed by atoms with Gasteiger partial charge in [0.05, 0.1) is 0 Å². The highest BCUT2D eigenvalue weighted by molar-refractivity contribution is 7.87. The lowest BCUT2D eigenvalue weighted by Crippen LogP contribution is -2.50. The molecule has 2 aliphatic heterocycles. The van der Waals surface area contributed by atoms with Gasteiger partial charge in [-0.15, -0.1) is 0 Å². The van der Waals surface area contributed by atoms with Gasteiger partial charge in [0.15, 0.2) is 0 Å². The molecule has 2 fully saturated rings. The summed E-state index contributed by atoms with van der Waals surface area (Å²) in [7, 11) is -3.30. The second-order valence-electron chi connectivity index (χ2n) is 7.03. The lowest BCUT2D eigenvalue weighted by Gasteiger charge is -2.36. The summed E-state index contributed by atoms with van der Waals surface area (Å²) in [4.78, 5) is 2.41. The van der Waals surface area contributed by atoms with Gasteiger partial charge in [0.1, 0.15) is 0 Å². The van der Waals surface area contributed by atoms with Crippen LogP contribution in [0.5, 0.6) is 0 Å². The minimum Gasteiger partial charge on any atom is -0.299 e. The second-order valence-corrected chi connectivity index (χ2v) is 8.78. The molecule has 2 unspecified atom stereocenters. The van der Waals surface area contributed by atoms with Gasteiger partial charge in [-0.05, 0) is 51.0 Å². The smallest absolute Gasteiger partial charge is 0.279 e. The van der Waals surface area contributed by atoms with Gasteiger partial charge in [0, 0.05) is 32.2 Å². The molecule has 21 heavy (non-hydrogen) atoms. The number of likely N-dealkylation sites (tertiary alicyclic amines) is 1. The van der Waals surface area contributed by atoms with Crippen molar-refractivity contribution in [2.75, 3.05) is 32.7 Å². The molecule has 0 spiro atoms. The third kappa shape index (κ3) is 4.91. The molecule has 2 heterocycles. The molecule has 2 aliphatic rings. The van der Waals surface area contributed by atoms with Crippen molar-refractivity contribution in [1.82, 2.24) is 13.9 Å². The first-order chi connectivity index (χ1) is 9.88. The summed E-state index contributed by atoms with van der Waals surface area (Å²) < 4.78 is 29.1. The summed E-state index contributed by atoms with van der Waals surface area (Å²) in [5, 5.41) is 0. The van der Waals surface area contributed by atoms with E-state index < -0.39 is 10.2 Å². The normalized spacial score (nSPS) is 28.6. The van der Waals surface area contributed by atoms with Crippen LogP contribution in [0.3, 0.4) is 0 Å². The molecule has 0 amide bonds. The van der Waals surface area contributed by atoms with E-state index in [1.165, 1.54) is 12.8 Å². The largest absolute Gasteiger partial charge is 0.299 e. The van der Waals surface area contributed by atoms with E-state index in [0.29, 0.717) is 25.6 Å². The summed E-state index contributed by atoms with van der Waals surface area (Å²) in [5.74, 6) is 1.37. The van der Waals surface area contributed by atoms with Crippen LogP contribution in [0.1, 0.15) is 46.5 Å². The molecular formula is C15H31N3O2S. The van der Waals surface area contributed by atoms with E-state index in [2.05, 4.69) is 30.4 Å². The molecule has 2 rings (SSSR count). The Hall–Kier alpha value is -0.170. The van der Waals surface area contributed by atoms with E-state index in [-0.39, 0.29) is 6.04 Å². The van der Waals surface area contributed by atoms with Crippen LogP contribution in [0.2, 0.25) is 0 Å². The lowest BCUT2D eigenvalue weighted by molar-refractivity contribution is 0.139. The molecule has 0 aliphatic carbocycles. The van der Waals surface area contributed by atoms with Crippen molar-refractivity contribution in [3.8, 4) is 0 Å². The van der Waals surface area contributed by atoms with Gasteiger partial charge in [-0.25, -0.2) is 4.72 Å². The van der Waals surface area contributed by atoms with Crippen LogP contribution in [-0.4, -0.2) is 56.4 Å². The van der Waals surface area contributed by atoms with E-state index in [9.17, 15) is 8.42 Å². The minimum atomic E-state index is -3.30. The first kappa shape index (κ1) is 17.2. The average molecular weight is 317 g/mol.